The minimum atomic E-state index is -2.90. The number of hydrogen-bond acceptors (Lipinski definition) is 7. The Hall–Kier alpha value is -3.40. The van der Waals surface area contributed by atoms with Crippen LogP contribution in [0.15, 0.2) is 30.3 Å². The van der Waals surface area contributed by atoms with Crippen LogP contribution in [-0.2, 0) is 4.79 Å². The summed E-state index contributed by atoms with van der Waals surface area (Å²) in [5.74, 6) is 0.586. The van der Waals surface area contributed by atoms with Crippen LogP contribution in [0.4, 0.5) is 24.7 Å². The van der Waals surface area contributed by atoms with Crippen molar-refractivity contribution in [3.8, 4) is 5.75 Å². The van der Waals surface area contributed by atoms with E-state index >= 15 is 0 Å². The number of hydrogen-bond donors (Lipinski definition) is 1. The lowest BCUT2D eigenvalue weighted by Gasteiger charge is -2.38. The van der Waals surface area contributed by atoms with Gasteiger partial charge in [-0.25, -0.2) is 23.1 Å². The number of nitrogens with one attached hydrogen (secondary N) is 1. The number of rotatable bonds is 7. The van der Waals surface area contributed by atoms with E-state index in [0.717, 1.165) is 24.6 Å². The molecule has 0 spiro atoms. The first kappa shape index (κ1) is 24.7. The van der Waals surface area contributed by atoms with Crippen LogP contribution in [0.2, 0.25) is 0 Å². The highest BCUT2D eigenvalue weighted by molar-refractivity contribution is 5.94. The van der Waals surface area contributed by atoms with Crippen molar-refractivity contribution in [3.05, 3.63) is 53.1 Å². The van der Waals surface area contributed by atoms with E-state index in [4.69, 9.17) is 4.74 Å². The highest BCUT2D eigenvalue weighted by Crippen LogP contribution is 2.37. The molecule has 2 atom stereocenters. The maximum absolute atomic E-state index is 14.7. The number of carbonyl (C=O) groups excluding carboxylic acids is 1. The highest BCUT2D eigenvalue weighted by atomic mass is 19.3. The molecule has 1 aromatic heterocycles. The molecule has 1 aliphatic rings. The number of benzene rings is 2. The molecule has 1 unspecified atom stereocenters. The van der Waals surface area contributed by atoms with Crippen molar-refractivity contribution in [2.45, 2.75) is 32.4 Å². The molecule has 0 radical (unpaired) electrons. The van der Waals surface area contributed by atoms with Gasteiger partial charge in [0.25, 0.3) is 6.43 Å². The molecule has 0 amide bonds. The number of ether oxygens (including phenoxy) is 1. The number of aromatic nitrogens is 2. The second-order valence-electron chi connectivity index (χ2n) is 8.71. The van der Waals surface area contributed by atoms with Gasteiger partial charge >= 0.3 is 0 Å². The van der Waals surface area contributed by atoms with Gasteiger partial charge in [-0.2, -0.15) is 0 Å². The van der Waals surface area contributed by atoms with Gasteiger partial charge in [-0.05, 0) is 33.0 Å². The molecule has 1 aliphatic heterocycles. The molecule has 0 bridgehead atoms. The number of aryl methyl sites for hydroxylation is 1. The fraction of sp³-hybridized carbons (Fsp3) is 0.400. The normalized spacial score (nSPS) is 17.6. The third-order valence-corrected chi connectivity index (χ3v) is 6.42. The van der Waals surface area contributed by atoms with Crippen LogP contribution in [0.1, 0.15) is 36.3 Å². The summed E-state index contributed by atoms with van der Waals surface area (Å²) in [4.78, 5) is 24.7. The van der Waals surface area contributed by atoms with Gasteiger partial charge in [0.1, 0.15) is 29.5 Å². The van der Waals surface area contributed by atoms with Crippen LogP contribution in [-0.4, -0.2) is 61.0 Å². The summed E-state index contributed by atoms with van der Waals surface area (Å²) in [6.07, 6.45) is -1.96. The molecule has 1 fully saturated rings. The van der Waals surface area contributed by atoms with Gasteiger partial charge in [0.15, 0.2) is 0 Å². The molecular weight excluding hydrogens is 459 g/mol. The second-order valence-corrected chi connectivity index (χ2v) is 8.71. The quantitative estimate of drug-likeness (QED) is 0.492. The molecule has 2 aromatic carbocycles. The minimum absolute atomic E-state index is 0.119. The van der Waals surface area contributed by atoms with Crippen molar-refractivity contribution >= 4 is 28.7 Å². The standard InChI is InChI=1S/C25H28F3N5O2/c1-14(17-6-5-7-18(23(17)26)24(27)28)29-25-19-10-22(35-4)21(11-20(19)30-15(2)31-25)33-9-8-32(3)16(12-33)13-34/h5-7,10-11,13-14,16,24H,8-9,12H2,1-4H3,(H,29,30,31)/t14?,16-/m1/s1. The molecule has 2 heterocycles. The molecule has 10 heteroatoms. The average molecular weight is 488 g/mol. The first-order chi connectivity index (χ1) is 16.7. The number of anilines is 2. The zero-order valence-corrected chi connectivity index (χ0v) is 20.1. The van der Waals surface area contributed by atoms with Gasteiger partial charge in [0.2, 0.25) is 0 Å². The van der Waals surface area contributed by atoms with Crippen molar-refractivity contribution in [2.75, 3.05) is 44.0 Å². The summed E-state index contributed by atoms with van der Waals surface area (Å²) in [6.45, 7) is 5.39. The average Bonchev–Trinajstić information content (AvgIpc) is 2.83. The van der Waals surface area contributed by atoms with E-state index in [1.54, 1.807) is 27.0 Å². The summed E-state index contributed by atoms with van der Waals surface area (Å²) >= 11 is 0. The van der Waals surface area contributed by atoms with Crippen LogP contribution in [0.25, 0.3) is 10.9 Å². The van der Waals surface area contributed by atoms with E-state index in [2.05, 4.69) is 20.2 Å². The molecule has 0 saturated carbocycles. The van der Waals surface area contributed by atoms with Gasteiger partial charge in [-0.3, -0.25) is 4.90 Å². The fourth-order valence-corrected chi connectivity index (χ4v) is 4.40. The Morgan fingerprint density at radius 1 is 1.20 bits per heavy atom. The minimum Gasteiger partial charge on any atom is -0.495 e. The topological polar surface area (TPSA) is 70.6 Å². The number of likely N-dealkylation sites (N-methyl/N-ethyl adjacent to an activating group) is 1. The van der Waals surface area contributed by atoms with Gasteiger partial charge in [0.05, 0.1) is 36.0 Å². The van der Waals surface area contributed by atoms with E-state index in [0.29, 0.717) is 41.4 Å². The Morgan fingerprint density at radius 2 is 1.94 bits per heavy atom. The van der Waals surface area contributed by atoms with Crippen LogP contribution in [0.5, 0.6) is 5.75 Å². The Labute approximate surface area is 201 Å². The first-order valence-electron chi connectivity index (χ1n) is 11.3. The molecule has 35 heavy (non-hydrogen) atoms. The van der Waals surface area contributed by atoms with Gasteiger partial charge in [-0.1, -0.05) is 18.2 Å². The predicted octanol–water partition coefficient (Wildman–Crippen LogP) is 4.52. The van der Waals surface area contributed by atoms with Gasteiger partial charge in [-0.15, -0.1) is 0 Å². The van der Waals surface area contributed by atoms with Crippen LogP contribution < -0.4 is 15.0 Å². The monoisotopic (exact) mass is 487 g/mol. The first-order valence-corrected chi connectivity index (χ1v) is 11.3. The molecule has 186 valence electrons. The lowest BCUT2D eigenvalue weighted by atomic mass is 10.0. The number of halogens is 3. The largest absolute Gasteiger partial charge is 0.495 e. The van der Waals surface area contributed by atoms with Crippen molar-refractivity contribution < 1.29 is 22.7 Å². The van der Waals surface area contributed by atoms with Crippen molar-refractivity contribution in [2.24, 2.45) is 0 Å². The summed E-state index contributed by atoms with van der Waals surface area (Å²) in [6, 6.07) is 6.81. The van der Waals surface area contributed by atoms with E-state index in [1.807, 2.05) is 18.0 Å². The van der Waals surface area contributed by atoms with Crippen LogP contribution in [0, 0.1) is 12.7 Å². The number of aldehydes is 1. The van der Waals surface area contributed by atoms with E-state index in [-0.39, 0.29) is 11.6 Å². The molecule has 1 N–H and O–H groups in total. The van der Waals surface area contributed by atoms with E-state index in [9.17, 15) is 18.0 Å². The summed E-state index contributed by atoms with van der Waals surface area (Å²) in [7, 11) is 3.48. The fourth-order valence-electron chi connectivity index (χ4n) is 4.40. The maximum atomic E-state index is 14.7. The number of piperazine rings is 1. The summed E-state index contributed by atoms with van der Waals surface area (Å²) in [5.41, 5.74) is 0.944. The molecule has 3 aromatic rings. The van der Waals surface area contributed by atoms with Crippen LogP contribution in [0.3, 0.4) is 0 Å². The highest BCUT2D eigenvalue weighted by Gasteiger charge is 2.27. The molecule has 0 aliphatic carbocycles. The number of fused-ring (bicyclic) bond motifs is 1. The SMILES string of the molecule is COc1cc2c(NC(C)c3cccc(C(F)F)c3F)nc(C)nc2cc1N1CCN(C)[C@@H](C=O)C1. The zero-order chi connectivity index (χ0) is 25.3. The molecule has 4 rings (SSSR count). The maximum Gasteiger partial charge on any atom is 0.266 e. The third kappa shape index (κ3) is 4.88. The third-order valence-electron chi connectivity index (χ3n) is 6.42. The van der Waals surface area contributed by atoms with E-state index < -0.39 is 23.8 Å². The smallest absolute Gasteiger partial charge is 0.266 e. The van der Waals surface area contributed by atoms with Crippen molar-refractivity contribution in [1.29, 1.82) is 0 Å². The summed E-state index contributed by atoms with van der Waals surface area (Å²) < 4.78 is 46.8. The predicted molar refractivity (Wildman–Crippen MR) is 129 cm³/mol. The zero-order valence-electron chi connectivity index (χ0n) is 20.1. The number of nitrogens with zero attached hydrogens (tertiary/aromatic N) is 4. The van der Waals surface area contributed by atoms with Crippen molar-refractivity contribution in [3.63, 3.8) is 0 Å². The molecular formula is C25H28F3N5O2. The molecule has 7 nitrogen and oxygen atoms in total. The van der Waals surface area contributed by atoms with Gasteiger partial charge in [0, 0.05) is 30.6 Å². The Morgan fingerprint density at radius 3 is 2.63 bits per heavy atom. The van der Waals surface area contributed by atoms with Gasteiger partial charge < -0.3 is 19.7 Å². The lowest BCUT2D eigenvalue weighted by Crippen LogP contribution is -2.52. The summed E-state index contributed by atoms with van der Waals surface area (Å²) in [5, 5.41) is 3.81. The Kier molecular flexibility index (Phi) is 7.11. The Bertz CT molecular complexity index is 1240. The Balaban J connectivity index is 1.72. The van der Waals surface area contributed by atoms with Crippen molar-refractivity contribution in [1.82, 2.24) is 14.9 Å². The number of methoxy groups -OCH3 is 1. The number of carbonyl (C=O) groups is 1. The lowest BCUT2D eigenvalue weighted by molar-refractivity contribution is -0.112. The molecule has 1 saturated heterocycles. The second kappa shape index (κ2) is 10.1. The van der Waals surface area contributed by atoms with Crippen LogP contribution >= 0.6 is 0 Å². The van der Waals surface area contributed by atoms with E-state index in [1.165, 1.54) is 12.1 Å². The number of alkyl halides is 2.